The van der Waals surface area contributed by atoms with Crippen molar-refractivity contribution in [1.82, 2.24) is 10.2 Å². The monoisotopic (exact) mass is 250 g/mol. The predicted octanol–water partition coefficient (Wildman–Crippen LogP) is 0.772. The molecule has 3 amide bonds. The van der Waals surface area contributed by atoms with E-state index in [2.05, 4.69) is 18.5 Å². The highest BCUT2D eigenvalue weighted by Crippen LogP contribution is 2.13. The van der Waals surface area contributed by atoms with Crippen molar-refractivity contribution in [2.75, 3.05) is 6.54 Å². The first-order chi connectivity index (χ1) is 8.60. The van der Waals surface area contributed by atoms with E-state index in [9.17, 15) is 14.4 Å². The van der Waals surface area contributed by atoms with Gasteiger partial charge in [-0.25, -0.2) is 0 Å². The van der Waals surface area contributed by atoms with Gasteiger partial charge >= 0.3 is 0 Å². The number of nitrogens with one attached hydrogen (secondary N) is 1. The fourth-order valence-corrected chi connectivity index (χ4v) is 1.62. The Balaban J connectivity index is 2.32. The minimum absolute atomic E-state index is 0.188. The molecule has 0 saturated carbocycles. The standard InChI is InChI=1S/C13H18N2O3/c1-3-5-7-11(16)14-10-9-15(13(10)18)12(17)8-6-4-2/h3-4,10H,1-2,5-9H2,(H,14,16)/t10-/m0/s1. The first-order valence-electron chi connectivity index (χ1n) is 5.95. The van der Waals surface area contributed by atoms with Gasteiger partial charge in [-0.2, -0.15) is 0 Å². The van der Waals surface area contributed by atoms with Gasteiger partial charge in [0.25, 0.3) is 5.91 Å². The van der Waals surface area contributed by atoms with Crippen molar-refractivity contribution in [2.45, 2.75) is 31.7 Å². The summed E-state index contributed by atoms with van der Waals surface area (Å²) in [5.41, 5.74) is 0. The molecule has 1 heterocycles. The van der Waals surface area contributed by atoms with Gasteiger partial charge in [0.1, 0.15) is 6.04 Å². The van der Waals surface area contributed by atoms with Gasteiger partial charge in [0.15, 0.2) is 0 Å². The predicted molar refractivity (Wildman–Crippen MR) is 67.5 cm³/mol. The number of carbonyl (C=O) groups excluding carboxylic acids is 3. The van der Waals surface area contributed by atoms with E-state index in [4.69, 9.17) is 0 Å². The van der Waals surface area contributed by atoms with Crippen LogP contribution in [-0.4, -0.2) is 35.2 Å². The maximum absolute atomic E-state index is 11.6. The minimum Gasteiger partial charge on any atom is -0.343 e. The third kappa shape index (κ3) is 3.55. The van der Waals surface area contributed by atoms with Crippen LogP contribution in [0.5, 0.6) is 0 Å². The number of amides is 3. The van der Waals surface area contributed by atoms with E-state index in [1.54, 1.807) is 12.2 Å². The second kappa shape index (κ2) is 6.74. The van der Waals surface area contributed by atoms with E-state index in [0.29, 0.717) is 19.3 Å². The van der Waals surface area contributed by atoms with Gasteiger partial charge in [-0.3, -0.25) is 19.3 Å². The Morgan fingerprint density at radius 1 is 1.28 bits per heavy atom. The fourth-order valence-electron chi connectivity index (χ4n) is 1.62. The summed E-state index contributed by atoms with van der Waals surface area (Å²) in [7, 11) is 0. The quantitative estimate of drug-likeness (QED) is 0.536. The van der Waals surface area contributed by atoms with Crippen molar-refractivity contribution in [3.8, 4) is 0 Å². The highest BCUT2D eigenvalue weighted by Gasteiger charge is 2.40. The Hall–Kier alpha value is -1.91. The van der Waals surface area contributed by atoms with Gasteiger partial charge < -0.3 is 5.32 Å². The summed E-state index contributed by atoms with van der Waals surface area (Å²) >= 11 is 0. The molecule has 1 atom stereocenters. The van der Waals surface area contributed by atoms with Gasteiger partial charge in [-0.15, -0.1) is 13.2 Å². The Morgan fingerprint density at radius 3 is 2.44 bits per heavy atom. The molecule has 1 fully saturated rings. The van der Waals surface area contributed by atoms with Crippen molar-refractivity contribution in [1.29, 1.82) is 0 Å². The number of imide groups is 1. The lowest BCUT2D eigenvalue weighted by Gasteiger charge is -2.37. The minimum atomic E-state index is -0.546. The summed E-state index contributed by atoms with van der Waals surface area (Å²) < 4.78 is 0. The van der Waals surface area contributed by atoms with E-state index in [1.807, 2.05) is 0 Å². The zero-order chi connectivity index (χ0) is 13.5. The summed E-state index contributed by atoms with van der Waals surface area (Å²) in [6.07, 6.45) is 5.02. The first-order valence-corrected chi connectivity index (χ1v) is 5.95. The van der Waals surface area contributed by atoms with Gasteiger partial charge in [0, 0.05) is 12.8 Å². The largest absolute Gasteiger partial charge is 0.343 e. The van der Waals surface area contributed by atoms with Gasteiger partial charge in [0.05, 0.1) is 6.54 Å². The second-order valence-electron chi connectivity index (χ2n) is 4.12. The zero-order valence-corrected chi connectivity index (χ0v) is 10.4. The average Bonchev–Trinajstić information content (AvgIpc) is 2.37. The summed E-state index contributed by atoms with van der Waals surface area (Å²) in [4.78, 5) is 35.7. The molecule has 0 aromatic rings. The third-order valence-corrected chi connectivity index (χ3v) is 2.70. The van der Waals surface area contributed by atoms with Crippen LogP contribution in [-0.2, 0) is 14.4 Å². The van der Waals surface area contributed by atoms with Crippen molar-refractivity contribution >= 4 is 17.7 Å². The molecule has 0 aromatic heterocycles. The fraction of sp³-hybridized carbons (Fsp3) is 0.462. The maximum atomic E-state index is 11.6. The Labute approximate surface area is 107 Å². The number of rotatable bonds is 7. The lowest BCUT2D eigenvalue weighted by Crippen LogP contribution is -2.65. The SMILES string of the molecule is C=CCCC(=O)N[C@H]1CN(C(=O)CCC=C)C1=O. The molecule has 0 unspecified atom stereocenters. The number of hydrogen-bond acceptors (Lipinski definition) is 3. The van der Waals surface area contributed by atoms with Crippen LogP contribution in [0.4, 0.5) is 0 Å². The molecule has 5 heteroatoms. The summed E-state index contributed by atoms with van der Waals surface area (Å²) in [6, 6.07) is -0.546. The Kier molecular flexibility index (Phi) is 5.30. The van der Waals surface area contributed by atoms with E-state index >= 15 is 0 Å². The van der Waals surface area contributed by atoms with Crippen LogP contribution in [0.3, 0.4) is 0 Å². The van der Waals surface area contributed by atoms with Crippen LogP contribution in [0.1, 0.15) is 25.7 Å². The van der Waals surface area contributed by atoms with E-state index in [1.165, 1.54) is 4.90 Å². The smallest absolute Gasteiger partial charge is 0.253 e. The van der Waals surface area contributed by atoms with Crippen LogP contribution in [0.25, 0.3) is 0 Å². The first kappa shape index (κ1) is 14.2. The second-order valence-corrected chi connectivity index (χ2v) is 4.12. The molecule has 1 N–H and O–H groups in total. The molecule has 1 saturated heterocycles. The highest BCUT2D eigenvalue weighted by atomic mass is 16.2. The van der Waals surface area contributed by atoms with Crippen molar-refractivity contribution in [3.63, 3.8) is 0 Å². The lowest BCUT2D eigenvalue weighted by atomic mass is 10.1. The van der Waals surface area contributed by atoms with Crippen LogP contribution < -0.4 is 5.32 Å². The highest BCUT2D eigenvalue weighted by molar-refractivity contribution is 6.04. The van der Waals surface area contributed by atoms with Crippen molar-refractivity contribution in [2.24, 2.45) is 0 Å². The van der Waals surface area contributed by atoms with E-state index < -0.39 is 6.04 Å². The molecule has 0 bridgehead atoms. The van der Waals surface area contributed by atoms with Crippen LogP contribution in [0.15, 0.2) is 25.3 Å². The molecule has 1 aliphatic heterocycles. The van der Waals surface area contributed by atoms with Crippen LogP contribution in [0, 0.1) is 0 Å². The molecule has 0 spiro atoms. The molecule has 0 radical (unpaired) electrons. The van der Waals surface area contributed by atoms with Crippen molar-refractivity contribution < 1.29 is 14.4 Å². The van der Waals surface area contributed by atoms with Crippen LogP contribution >= 0.6 is 0 Å². The van der Waals surface area contributed by atoms with E-state index in [0.717, 1.165) is 0 Å². The van der Waals surface area contributed by atoms with Gasteiger partial charge in [0.2, 0.25) is 11.8 Å². The number of allylic oxidation sites excluding steroid dienone is 2. The molecule has 1 rings (SSSR count). The van der Waals surface area contributed by atoms with Crippen molar-refractivity contribution in [3.05, 3.63) is 25.3 Å². The molecule has 5 nitrogen and oxygen atoms in total. The number of nitrogens with zero attached hydrogens (tertiary/aromatic N) is 1. The topological polar surface area (TPSA) is 66.5 Å². The van der Waals surface area contributed by atoms with Gasteiger partial charge in [-0.05, 0) is 12.8 Å². The maximum Gasteiger partial charge on any atom is 0.253 e. The number of carbonyl (C=O) groups is 3. The Bertz CT molecular complexity index is 376. The molecular formula is C13H18N2O3. The molecule has 98 valence electrons. The summed E-state index contributed by atoms with van der Waals surface area (Å²) in [6.45, 7) is 7.31. The lowest BCUT2D eigenvalue weighted by molar-refractivity contribution is -0.157. The molecule has 0 aliphatic carbocycles. The normalized spacial score (nSPS) is 17.9. The summed E-state index contributed by atoms with van der Waals surface area (Å²) in [5, 5.41) is 2.59. The Morgan fingerprint density at radius 2 is 1.89 bits per heavy atom. The average molecular weight is 250 g/mol. The van der Waals surface area contributed by atoms with E-state index in [-0.39, 0.29) is 30.7 Å². The molecular weight excluding hydrogens is 232 g/mol. The van der Waals surface area contributed by atoms with Crippen LogP contribution in [0.2, 0.25) is 0 Å². The molecule has 0 aromatic carbocycles. The zero-order valence-electron chi connectivity index (χ0n) is 10.4. The number of β-lactam (4-membered cyclic amide) rings is 1. The third-order valence-electron chi connectivity index (χ3n) is 2.70. The number of likely N-dealkylation sites (tertiary alicyclic amines) is 1. The summed E-state index contributed by atoms with van der Waals surface area (Å²) in [5.74, 6) is -0.723. The number of hydrogen-bond donors (Lipinski definition) is 1. The van der Waals surface area contributed by atoms with Gasteiger partial charge in [-0.1, -0.05) is 12.2 Å². The molecule has 18 heavy (non-hydrogen) atoms. The molecule has 1 aliphatic rings.